The van der Waals surface area contributed by atoms with Crippen LogP contribution in [0.4, 0.5) is 0 Å². The fourth-order valence-electron chi connectivity index (χ4n) is 22.8. The minimum absolute atomic E-state index is 0.0780. The van der Waals surface area contributed by atoms with E-state index in [9.17, 15) is 0 Å². The van der Waals surface area contributed by atoms with E-state index in [0.717, 1.165) is 77.7 Å². The molecule has 2 unspecified atom stereocenters. The zero-order chi connectivity index (χ0) is 97.4. The summed E-state index contributed by atoms with van der Waals surface area (Å²) in [6, 6.07) is 163. The van der Waals surface area contributed by atoms with Crippen molar-refractivity contribution in [3.63, 3.8) is 0 Å². The molecule has 19 aromatic carbocycles. The SMILES string of the molecule is Cc1cccc2c(-c3ccc(-c4nc(-c5ccc(C6=CC=CC7C=CC=CC67)cc5)nc(-c5cccc6c(C)cccc56)n4)cc3)cccc12.c1ccc(-c2ccc(-c3nc(-c4ccccc4)nc(-c4cccc(C5(c6ccccc6)c6ccccc6-c6ccccc65)c4)n3)cc2)cc1.c1ccc(-c2cccc(-c3nc(-c4cccc(-c5ccccc5)c4)nc(-c4ccc5c(c4)C4(CCCC4)c4ccccc4-5)n3)c2)cc1. The van der Waals surface area contributed by atoms with Crippen LogP contribution >= 0.6 is 0 Å². The molecule has 0 amide bonds. The Bertz CT molecular complexity index is 8710. The molecule has 27 rings (SSSR count). The van der Waals surface area contributed by atoms with Crippen molar-refractivity contribution in [3.05, 3.63) is 554 Å². The van der Waals surface area contributed by atoms with Crippen molar-refractivity contribution in [2.24, 2.45) is 11.8 Å². The molecule has 3 aromatic heterocycles. The molecule has 2 atom stereocenters. The van der Waals surface area contributed by atoms with Crippen LogP contribution in [0.3, 0.4) is 0 Å². The minimum Gasteiger partial charge on any atom is -0.208 e. The molecule has 0 saturated heterocycles. The maximum Gasteiger partial charge on any atom is 0.164 e. The summed E-state index contributed by atoms with van der Waals surface area (Å²) < 4.78 is 0. The summed E-state index contributed by atoms with van der Waals surface area (Å²) in [5.74, 6) is 6.70. The van der Waals surface area contributed by atoms with Gasteiger partial charge in [-0.25, -0.2) is 44.9 Å². The number of aryl methyl sites for hydroxylation is 2. The van der Waals surface area contributed by atoms with Crippen LogP contribution in [0.15, 0.2) is 504 Å². The van der Waals surface area contributed by atoms with Gasteiger partial charge in [-0.15, -0.1) is 0 Å². The number of nitrogens with zero attached hydrogens (tertiary/aromatic N) is 9. The summed E-state index contributed by atoms with van der Waals surface area (Å²) in [4.78, 5) is 46.1. The average molecular weight is 1870 g/mol. The highest BCUT2D eigenvalue weighted by molar-refractivity contribution is 6.00. The van der Waals surface area contributed by atoms with Crippen molar-refractivity contribution in [2.45, 2.75) is 50.4 Å². The summed E-state index contributed by atoms with van der Waals surface area (Å²) in [5.41, 5.74) is 35.8. The van der Waals surface area contributed by atoms with Crippen LogP contribution in [0, 0.1) is 25.7 Å². The van der Waals surface area contributed by atoms with E-state index in [1.165, 1.54) is 142 Å². The van der Waals surface area contributed by atoms with E-state index in [0.29, 0.717) is 64.3 Å². The van der Waals surface area contributed by atoms with E-state index in [4.69, 9.17) is 44.9 Å². The molecule has 9 nitrogen and oxygen atoms in total. The van der Waals surface area contributed by atoms with Crippen molar-refractivity contribution in [3.8, 4) is 169 Å². The molecule has 1 fully saturated rings. The first-order valence-corrected chi connectivity index (χ1v) is 50.5. The Kier molecular flexibility index (Phi) is 23.6. The molecule has 0 aliphatic heterocycles. The van der Waals surface area contributed by atoms with Gasteiger partial charge in [-0.2, -0.15) is 0 Å². The average Bonchev–Trinajstić information content (AvgIpc) is 1.54. The molecule has 692 valence electrons. The Morgan fingerprint density at radius 3 is 1.03 bits per heavy atom. The van der Waals surface area contributed by atoms with Crippen LogP contribution in [-0.4, -0.2) is 44.9 Å². The van der Waals surface area contributed by atoms with Crippen LogP contribution in [0.2, 0.25) is 0 Å². The van der Waals surface area contributed by atoms with Crippen LogP contribution < -0.4 is 0 Å². The van der Waals surface area contributed by atoms with Gasteiger partial charge in [0.1, 0.15) is 0 Å². The first-order chi connectivity index (χ1) is 72.1. The highest BCUT2D eigenvalue weighted by Crippen LogP contribution is 2.59. The van der Waals surface area contributed by atoms with E-state index in [2.05, 4.69) is 481 Å². The molecule has 1 saturated carbocycles. The van der Waals surface area contributed by atoms with Crippen molar-refractivity contribution in [1.29, 1.82) is 0 Å². The number of rotatable bonds is 16. The molecular formula is C137H99N9. The molecule has 22 aromatic rings. The molecule has 3 heterocycles. The second-order valence-corrected chi connectivity index (χ2v) is 38.5. The van der Waals surface area contributed by atoms with E-state index in [-0.39, 0.29) is 5.41 Å². The predicted octanol–water partition coefficient (Wildman–Crippen LogP) is 33.7. The number of aromatic nitrogens is 9. The van der Waals surface area contributed by atoms with E-state index < -0.39 is 5.41 Å². The van der Waals surface area contributed by atoms with Gasteiger partial charge in [0.2, 0.25) is 0 Å². The van der Waals surface area contributed by atoms with Gasteiger partial charge >= 0.3 is 0 Å². The smallest absolute Gasteiger partial charge is 0.164 e. The van der Waals surface area contributed by atoms with Gasteiger partial charge in [0.15, 0.2) is 52.4 Å². The monoisotopic (exact) mass is 1870 g/mol. The second kappa shape index (κ2) is 38.6. The molecule has 9 heteroatoms. The number of hydrogen-bond acceptors (Lipinski definition) is 9. The predicted molar refractivity (Wildman–Crippen MR) is 599 cm³/mol. The lowest BCUT2D eigenvalue weighted by molar-refractivity contribution is 0.550. The third-order valence-corrected chi connectivity index (χ3v) is 29.9. The van der Waals surface area contributed by atoms with Gasteiger partial charge < -0.3 is 0 Å². The van der Waals surface area contributed by atoms with Crippen molar-refractivity contribution in [2.75, 3.05) is 0 Å². The molecule has 146 heavy (non-hydrogen) atoms. The van der Waals surface area contributed by atoms with Crippen LogP contribution in [0.5, 0.6) is 0 Å². The first-order valence-electron chi connectivity index (χ1n) is 50.5. The second-order valence-electron chi connectivity index (χ2n) is 38.5. The van der Waals surface area contributed by atoms with Crippen molar-refractivity contribution in [1.82, 2.24) is 44.9 Å². The number of allylic oxidation sites excluding steroid dienone is 8. The van der Waals surface area contributed by atoms with Gasteiger partial charge in [-0.3, -0.25) is 0 Å². The van der Waals surface area contributed by atoms with Crippen molar-refractivity contribution >= 4 is 27.1 Å². The topological polar surface area (TPSA) is 116 Å². The number of fused-ring (bicyclic) bond motifs is 11. The molecule has 0 N–H and O–H groups in total. The van der Waals surface area contributed by atoms with Gasteiger partial charge in [-0.05, 0) is 195 Å². The Labute approximate surface area is 851 Å². The van der Waals surface area contributed by atoms with Gasteiger partial charge in [0, 0.05) is 67.3 Å². The molecule has 5 aliphatic rings. The van der Waals surface area contributed by atoms with Crippen LogP contribution in [-0.2, 0) is 10.8 Å². The Hall–Kier alpha value is -18.3. The normalized spacial score (nSPS) is 14.5. The van der Waals surface area contributed by atoms with E-state index in [1.54, 1.807) is 0 Å². The summed E-state index contributed by atoms with van der Waals surface area (Å²) >= 11 is 0. The van der Waals surface area contributed by atoms with E-state index in [1.807, 2.05) is 36.4 Å². The summed E-state index contributed by atoms with van der Waals surface area (Å²) in [7, 11) is 0. The Balaban J connectivity index is 0.000000114. The van der Waals surface area contributed by atoms with Gasteiger partial charge in [-0.1, -0.05) is 492 Å². The third-order valence-electron chi connectivity index (χ3n) is 29.9. The lowest BCUT2D eigenvalue weighted by Crippen LogP contribution is -2.28. The number of hydrogen-bond donors (Lipinski definition) is 0. The maximum absolute atomic E-state index is 5.18. The van der Waals surface area contributed by atoms with Gasteiger partial charge in [0.05, 0.1) is 5.41 Å². The largest absolute Gasteiger partial charge is 0.208 e. The summed E-state index contributed by atoms with van der Waals surface area (Å²) in [5, 5.41) is 4.87. The quantitative estimate of drug-likeness (QED) is 0.0932. The summed E-state index contributed by atoms with van der Waals surface area (Å²) in [6.45, 7) is 4.32. The molecule has 0 bridgehead atoms. The molecule has 1 spiro atoms. The van der Waals surface area contributed by atoms with Crippen LogP contribution in [0.1, 0.15) is 75.8 Å². The first kappa shape index (κ1) is 89.1. The van der Waals surface area contributed by atoms with Crippen LogP contribution in [0.25, 0.3) is 196 Å². The Morgan fingerprint density at radius 2 is 0.514 bits per heavy atom. The maximum atomic E-state index is 5.18. The van der Waals surface area contributed by atoms with Gasteiger partial charge in [0.25, 0.3) is 0 Å². The standard InChI is InChI=1S/C47H35N3.C46H31N3.C44H33N3/c1-30-10-5-19-42-37(30)15-8-18-41(42)34-24-28-36(29-25-34)46-48-45(49-47(50-46)44-21-9-16-38-31(2)11-6-20-43(38)44)35-26-22-33(23-27-35)40-17-7-13-32-12-3-4-14-39(32)40;1-4-15-32(16-5-1)33-27-29-35(30-28-33)44-47-43(34-17-6-2-7-18-34)48-45(49-44)36-19-14-22-38(31-36)46(37-20-8-3-9-21-37)41-25-12-10-23-39(41)40-24-11-13-26-42(40)46;1-3-13-30(14-4-1)32-17-11-19-34(27-32)41-45-42(35-20-12-18-33(28-35)31-15-5-2-6-16-31)47-43(46-41)36-23-24-38-37-21-7-8-22-39(37)44(40(38)29-36)25-9-10-26-44/h3-29,32,39H,1-2H3;1-31H;1-8,11-24,27-29H,9-10,25-26H2. The van der Waals surface area contributed by atoms with Crippen molar-refractivity contribution < 1.29 is 0 Å². The Morgan fingerprint density at radius 1 is 0.199 bits per heavy atom. The number of benzene rings is 19. The van der Waals surface area contributed by atoms with E-state index >= 15 is 0 Å². The molecule has 5 aliphatic carbocycles. The fraction of sp³-hybridized carbons (Fsp3) is 0.0730. The highest BCUT2D eigenvalue weighted by Gasteiger charge is 2.47. The lowest BCUT2D eigenvalue weighted by atomic mass is 9.67. The zero-order valence-electron chi connectivity index (χ0n) is 80.9. The lowest BCUT2D eigenvalue weighted by Gasteiger charge is -2.34. The summed E-state index contributed by atoms with van der Waals surface area (Å²) in [6.07, 6.45) is 20.5. The molecule has 0 radical (unpaired) electrons. The highest BCUT2D eigenvalue weighted by atomic mass is 15.1. The third kappa shape index (κ3) is 16.7. The minimum atomic E-state index is -0.504. The zero-order valence-corrected chi connectivity index (χ0v) is 80.9. The molecular weight excluding hydrogens is 1770 g/mol. The fourth-order valence-corrected chi connectivity index (χ4v) is 22.8.